The molecular weight excluding hydrogens is 350 g/mol. The number of amides is 1. The van der Waals surface area contributed by atoms with Crippen molar-refractivity contribution in [2.45, 2.75) is 33.1 Å². The van der Waals surface area contributed by atoms with Gasteiger partial charge in [0.2, 0.25) is 5.91 Å². The summed E-state index contributed by atoms with van der Waals surface area (Å²) < 4.78 is 1.46. The minimum Gasteiger partial charge on any atom is -0.308 e. The van der Waals surface area contributed by atoms with Crippen LogP contribution < -0.4 is 5.32 Å². The second-order valence-corrected chi connectivity index (χ2v) is 6.97. The van der Waals surface area contributed by atoms with Crippen LogP contribution in [-0.2, 0) is 4.79 Å². The molecule has 0 saturated carbocycles. The molecule has 7 heteroatoms. The summed E-state index contributed by atoms with van der Waals surface area (Å²) in [5, 5.41) is 16.6. The predicted octanol–water partition coefficient (Wildman–Crippen LogP) is 3.78. The number of nitriles is 1. The van der Waals surface area contributed by atoms with E-state index in [-0.39, 0.29) is 11.4 Å². The van der Waals surface area contributed by atoms with Crippen LogP contribution in [0.15, 0.2) is 24.4 Å². The number of hydrogen-bond donors (Lipinski definition) is 1. The van der Waals surface area contributed by atoms with Crippen molar-refractivity contribution in [2.75, 3.05) is 5.32 Å². The molecule has 1 aromatic carbocycles. The van der Waals surface area contributed by atoms with Crippen LogP contribution in [0.5, 0.6) is 0 Å². The summed E-state index contributed by atoms with van der Waals surface area (Å²) in [6.45, 7) is 7.62. The Hall–Kier alpha value is -2.91. The molecule has 0 aliphatic carbocycles. The Labute approximate surface area is 156 Å². The number of rotatable bonds is 3. The number of nitrogens with zero attached hydrogens (tertiary/aromatic N) is 4. The molecular formula is C19H18ClN5O. The van der Waals surface area contributed by atoms with E-state index in [1.165, 1.54) is 16.4 Å². The average molecular weight is 368 g/mol. The van der Waals surface area contributed by atoms with E-state index in [0.29, 0.717) is 5.82 Å². The van der Waals surface area contributed by atoms with Gasteiger partial charge in [-0.15, -0.1) is 11.6 Å². The van der Waals surface area contributed by atoms with Crippen LogP contribution in [0.3, 0.4) is 0 Å². The number of halogens is 1. The fourth-order valence-electron chi connectivity index (χ4n) is 2.88. The first kappa shape index (κ1) is 17.9. The first-order chi connectivity index (χ1) is 12.3. The third-order valence-electron chi connectivity index (χ3n) is 4.15. The quantitative estimate of drug-likeness (QED) is 0.714. The molecule has 0 fully saturated rings. The molecule has 1 N–H and O–H groups in total. The summed E-state index contributed by atoms with van der Waals surface area (Å²) in [5.41, 5.74) is 4.37. The van der Waals surface area contributed by atoms with Crippen LogP contribution >= 0.6 is 11.6 Å². The SMILES string of the molecule is Cc1cc(C)c2nc(-n3ncc(C#N)c3NC(=O)C(C)Cl)cc(C)c2c1. The van der Waals surface area contributed by atoms with Crippen molar-refractivity contribution in [2.24, 2.45) is 0 Å². The van der Waals surface area contributed by atoms with E-state index in [9.17, 15) is 10.1 Å². The van der Waals surface area contributed by atoms with E-state index in [1.807, 2.05) is 32.9 Å². The van der Waals surface area contributed by atoms with E-state index in [4.69, 9.17) is 16.6 Å². The van der Waals surface area contributed by atoms with Gasteiger partial charge in [0, 0.05) is 5.39 Å². The van der Waals surface area contributed by atoms with Crippen molar-refractivity contribution in [3.8, 4) is 11.9 Å². The third kappa shape index (κ3) is 3.14. The Morgan fingerprint density at radius 2 is 2.00 bits per heavy atom. The highest BCUT2D eigenvalue weighted by Crippen LogP contribution is 2.26. The molecule has 2 aromatic heterocycles. The normalized spacial score (nSPS) is 12.0. The average Bonchev–Trinajstić information content (AvgIpc) is 2.98. The van der Waals surface area contributed by atoms with Crippen LogP contribution in [0, 0.1) is 32.1 Å². The zero-order valence-electron chi connectivity index (χ0n) is 15.0. The van der Waals surface area contributed by atoms with Crippen molar-refractivity contribution in [1.29, 1.82) is 5.26 Å². The number of carbonyl (C=O) groups is 1. The maximum absolute atomic E-state index is 12.0. The predicted molar refractivity (Wildman–Crippen MR) is 102 cm³/mol. The van der Waals surface area contributed by atoms with E-state index < -0.39 is 11.3 Å². The first-order valence-corrected chi connectivity index (χ1v) is 8.57. The molecule has 132 valence electrons. The first-order valence-electron chi connectivity index (χ1n) is 8.14. The molecule has 0 saturated heterocycles. The second-order valence-electron chi connectivity index (χ2n) is 6.31. The number of fused-ring (bicyclic) bond motifs is 1. The largest absolute Gasteiger partial charge is 0.308 e. The van der Waals surface area contributed by atoms with Crippen molar-refractivity contribution in [3.05, 3.63) is 46.6 Å². The highest BCUT2D eigenvalue weighted by molar-refractivity contribution is 6.32. The van der Waals surface area contributed by atoms with Crippen LogP contribution in [0.4, 0.5) is 5.82 Å². The number of hydrogen-bond acceptors (Lipinski definition) is 4. The zero-order valence-corrected chi connectivity index (χ0v) is 15.7. The molecule has 1 atom stereocenters. The molecule has 0 spiro atoms. The van der Waals surface area contributed by atoms with Gasteiger partial charge in [-0.2, -0.15) is 15.0 Å². The molecule has 1 amide bonds. The molecule has 6 nitrogen and oxygen atoms in total. The number of aryl methyl sites for hydroxylation is 3. The number of anilines is 1. The van der Waals surface area contributed by atoms with E-state index in [1.54, 1.807) is 6.92 Å². The number of benzene rings is 1. The minimum absolute atomic E-state index is 0.246. The Balaban J connectivity index is 2.20. The lowest BCUT2D eigenvalue weighted by atomic mass is 10.0. The molecule has 2 heterocycles. The van der Waals surface area contributed by atoms with Gasteiger partial charge in [0.05, 0.1) is 11.7 Å². The van der Waals surface area contributed by atoms with Crippen LogP contribution in [0.2, 0.25) is 0 Å². The van der Waals surface area contributed by atoms with Gasteiger partial charge in [0.1, 0.15) is 17.0 Å². The van der Waals surface area contributed by atoms with Gasteiger partial charge in [-0.25, -0.2) is 4.98 Å². The molecule has 3 rings (SSSR count). The number of nitrogens with one attached hydrogen (secondary N) is 1. The van der Waals surface area contributed by atoms with Crippen LogP contribution in [0.1, 0.15) is 29.2 Å². The van der Waals surface area contributed by atoms with Gasteiger partial charge >= 0.3 is 0 Å². The van der Waals surface area contributed by atoms with Gasteiger partial charge < -0.3 is 5.32 Å². The number of pyridine rings is 1. The second kappa shape index (κ2) is 6.77. The molecule has 26 heavy (non-hydrogen) atoms. The van der Waals surface area contributed by atoms with E-state index >= 15 is 0 Å². The molecule has 0 aliphatic rings. The standard InChI is InChI=1S/C19H18ClN5O/c1-10-5-12(3)17-15(6-10)11(2)7-16(23-17)25-18(14(8-21)9-22-25)24-19(26)13(4)20/h5-7,9,13H,1-4H3,(H,24,26). The van der Waals surface area contributed by atoms with Gasteiger partial charge in [0.15, 0.2) is 11.6 Å². The highest BCUT2D eigenvalue weighted by atomic mass is 35.5. The van der Waals surface area contributed by atoms with Crippen molar-refractivity contribution in [3.63, 3.8) is 0 Å². The van der Waals surface area contributed by atoms with Crippen molar-refractivity contribution >= 4 is 34.2 Å². The Bertz CT molecular complexity index is 1060. The maximum atomic E-state index is 12.0. The van der Waals surface area contributed by atoms with E-state index in [0.717, 1.165) is 22.0 Å². The van der Waals surface area contributed by atoms with Crippen LogP contribution in [0.25, 0.3) is 16.7 Å². The van der Waals surface area contributed by atoms with Gasteiger partial charge in [-0.1, -0.05) is 11.6 Å². The maximum Gasteiger partial charge on any atom is 0.243 e. The number of carbonyl (C=O) groups excluding carboxylic acids is 1. The third-order valence-corrected chi connectivity index (χ3v) is 4.35. The minimum atomic E-state index is -0.735. The summed E-state index contributed by atoms with van der Waals surface area (Å²) in [6.07, 6.45) is 1.40. The smallest absolute Gasteiger partial charge is 0.243 e. The molecule has 3 aromatic rings. The van der Waals surface area contributed by atoms with Crippen molar-refractivity contribution < 1.29 is 4.79 Å². The van der Waals surface area contributed by atoms with Gasteiger partial charge in [-0.05, 0) is 51.0 Å². The topological polar surface area (TPSA) is 83.6 Å². The Morgan fingerprint density at radius 1 is 1.27 bits per heavy atom. The Kier molecular flexibility index (Phi) is 4.66. The zero-order chi connectivity index (χ0) is 19.0. The molecule has 1 unspecified atom stereocenters. The summed E-state index contributed by atoms with van der Waals surface area (Å²) in [4.78, 5) is 16.7. The summed E-state index contributed by atoms with van der Waals surface area (Å²) in [6, 6.07) is 8.08. The highest BCUT2D eigenvalue weighted by Gasteiger charge is 2.19. The molecule has 0 radical (unpaired) electrons. The lowest BCUT2D eigenvalue weighted by Crippen LogP contribution is -2.23. The summed E-state index contributed by atoms with van der Waals surface area (Å²) in [7, 11) is 0. The summed E-state index contributed by atoms with van der Waals surface area (Å²) in [5.74, 6) is 0.385. The van der Waals surface area contributed by atoms with Crippen LogP contribution in [-0.4, -0.2) is 26.0 Å². The molecule has 0 bridgehead atoms. The number of alkyl halides is 1. The monoisotopic (exact) mass is 367 g/mol. The Morgan fingerprint density at radius 3 is 2.65 bits per heavy atom. The fourth-order valence-corrected chi connectivity index (χ4v) is 2.93. The van der Waals surface area contributed by atoms with Gasteiger partial charge in [-0.3, -0.25) is 4.79 Å². The number of aromatic nitrogens is 3. The van der Waals surface area contributed by atoms with E-state index in [2.05, 4.69) is 22.5 Å². The van der Waals surface area contributed by atoms with Crippen molar-refractivity contribution in [1.82, 2.24) is 14.8 Å². The lowest BCUT2D eigenvalue weighted by molar-refractivity contribution is -0.115. The lowest BCUT2D eigenvalue weighted by Gasteiger charge is -2.13. The van der Waals surface area contributed by atoms with Gasteiger partial charge in [0.25, 0.3) is 0 Å². The summed E-state index contributed by atoms with van der Waals surface area (Å²) >= 11 is 5.84. The fraction of sp³-hybridized carbons (Fsp3) is 0.263. The molecule has 0 aliphatic heterocycles.